The summed E-state index contributed by atoms with van der Waals surface area (Å²) in [6, 6.07) is 17.4. The maximum atomic E-state index is 13.1. The first-order valence-electron chi connectivity index (χ1n) is 10.3. The summed E-state index contributed by atoms with van der Waals surface area (Å²) >= 11 is 1.47. The van der Waals surface area contributed by atoms with E-state index >= 15 is 0 Å². The van der Waals surface area contributed by atoms with E-state index in [-0.39, 0.29) is 5.91 Å². The predicted molar refractivity (Wildman–Crippen MR) is 127 cm³/mol. The van der Waals surface area contributed by atoms with E-state index in [9.17, 15) is 9.90 Å². The number of aromatic nitrogens is 1. The molecule has 1 fully saturated rings. The number of para-hydroxylation sites is 2. The van der Waals surface area contributed by atoms with Crippen molar-refractivity contribution in [2.75, 3.05) is 49.1 Å². The second-order valence-corrected chi connectivity index (χ2v) is 8.26. The van der Waals surface area contributed by atoms with Crippen molar-refractivity contribution in [2.24, 2.45) is 0 Å². The zero-order valence-electron chi connectivity index (χ0n) is 17.4. The van der Waals surface area contributed by atoms with Crippen LogP contribution in [0.1, 0.15) is 0 Å². The van der Waals surface area contributed by atoms with E-state index in [1.807, 2.05) is 53.9 Å². The van der Waals surface area contributed by atoms with Gasteiger partial charge >= 0.3 is 0 Å². The van der Waals surface area contributed by atoms with Gasteiger partial charge in [-0.2, -0.15) is 0 Å². The molecule has 1 aliphatic heterocycles. The van der Waals surface area contributed by atoms with Gasteiger partial charge in [-0.25, -0.2) is 4.98 Å². The molecule has 0 radical (unpaired) electrons. The van der Waals surface area contributed by atoms with Crippen molar-refractivity contribution >= 4 is 28.1 Å². The molecule has 160 valence electrons. The van der Waals surface area contributed by atoms with Crippen LogP contribution in [0, 0.1) is 0 Å². The van der Waals surface area contributed by atoms with Crippen LogP contribution >= 0.6 is 11.3 Å². The highest BCUT2D eigenvalue weighted by molar-refractivity contribution is 7.14. The summed E-state index contributed by atoms with van der Waals surface area (Å²) in [5.41, 5.74) is 2.76. The summed E-state index contributed by atoms with van der Waals surface area (Å²) in [5, 5.41) is 12.8. The average Bonchev–Trinajstić information content (AvgIpc) is 3.29. The number of anilines is 2. The molecule has 31 heavy (non-hydrogen) atoms. The van der Waals surface area contributed by atoms with Crippen molar-refractivity contribution in [2.45, 2.75) is 0 Å². The Kier molecular flexibility index (Phi) is 6.64. The first kappa shape index (κ1) is 21.1. The molecule has 1 aliphatic rings. The van der Waals surface area contributed by atoms with Crippen LogP contribution in [0.2, 0.25) is 0 Å². The highest BCUT2D eigenvalue weighted by atomic mass is 32.1. The Morgan fingerprint density at radius 1 is 1.10 bits per heavy atom. The average molecular weight is 435 g/mol. The maximum Gasteiger partial charge on any atom is 0.243 e. The lowest BCUT2D eigenvalue weighted by Gasteiger charge is -2.36. The van der Waals surface area contributed by atoms with Crippen LogP contribution in [0.25, 0.3) is 11.3 Å². The van der Waals surface area contributed by atoms with Gasteiger partial charge in [-0.05, 0) is 12.1 Å². The van der Waals surface area contributed by atoms with Gasteiger partial charge in [-0.15, -0.1) is 17.9 Å². The number of benzene rings is 2. The Labute approximate surface area is 186 Å². The minimum Gasteiger partial charge on any atom is -0.506 e. The van der Waals surface area contributed by atoms with Gasteiger partial charge in [0.05, 0.1) is 17.9 Å². The monoisotopic (exact) mass is 434 g/mol. The largest absolute Gasteiger partial charge is 0.506 e. The summed E-state index contributed by atoms with van der Waals surface area (Å²) in [6.45, 7) is 7.63. The van der Waals surface area contributed by atoms with Crippen molar-refractivity contribution in [1.29, 1.82) is 0 Å². The van der Waals surface area contributed by atoms with Crippen LogP contribution in [0.5, 0.6) is 5.75 Å². The smallest absolute Gasteiger partial charge is 0.243 e. The van der Waals surface area contributed by atoms with Crippen LogP contribution in [0.15, 0.2) is 72.6 Å². The molecule has 1 amide bonds. The van der Waals surface area contributed by atoms with Gasteiger partial charge in [0.25, 0.3) is 0 Å². The van der Waals surface area contributed by atoms with Gasteiger partial charge in [0.1, 0.15) is 5.75 Å². The number of piperazine rings is 1. The Morgan fingerprint density at radius 2 is 1.81 bits per heavy atom. The van der Waals surface area contributed by atoms with E-state index in [1.165, 1.54) is 11.3 Å². The summed E-state index contributed by atoms with van der Waals surface area (Å²) in [6.07, 6.45) is 1.73. The van der Waals surface area contributed by atoms with Gasteiger partial charge in [0, 0.05) is 43.7 Å². The van der Waals surface area contributed by atoms with E-state index in [0.29, 0.717) is 24.0 Å². The quantitative estimate of drug-likeness (QED) is 0.573. The van der Waals surface area contributed by atoms with Crippen molar-refractivity contribution in [3.8, 4) is 17.0 Å². The van der Waals surface area contributed by atoms with E-state index < -0.39 is 0 Å². The SMILES string of the molecule is C=CCN(C(=O)CN1CCN(c2ccccc2O)CC1)c1nc(-c2ccccc2)cs1. The minimum atomic E-state index is 0.0184. The molecule has 2 aromatic carbocycles. The summed E-state index contributed by atoms with van der Waals surface area (Å²) in [7, 11) is 0. The zero-order chi connectivity index (χ0) is 21.6. The highest BCUT2D eigenvalue weighted by Crippen LogP contribution is 2.29. The molecular formula is C24H26N4O2S. The fraction of sp³-hybridized carbons (Fsp3) is 0.250. The van der Waals surface area contributed by atoms with Gasteiger partial charge in [0.2, 0.25) is 5.91 Å². The molecule has 0 saturated carbocycles. The molecule has 1 N–H and O–H groups in total. The number of phenolic OH excluding ortho intramolecular Hbond substituents is 1. The molecule has 3 aromatic rings. The third kappa shape index (κ3) is 4.95. The lowest BCUT2D eigenvalue weighted by atomic mass is 10.2. The number of carbonyl (C=O) groups excluding carboxylic acids is 1. The van der Waals surface area contributed by atoms with Crippen molar-refractivity contribution in [3.05, 3.63) is 72.6 Å². The third-order valence-electron chi connectivity index (χ3n) is 5.36. The first-order valence-corrected chi connectivity index (χ1v) is 11.2. The molecule has 0 bridgehead atoms. The molecule has 1 saturated heterocycles. The van der Waals surface area contributed by atoms with E-state index in [4.69, 9.17) is 4.98 Å². The van der Waals surface area contributed by atoms with Gasteiger partial charge in [-0.1, -0.05) is 48.5 Å². The fourth-order valence-electron chi connectivity index (χ4n) is 3.70. The van der Waals surface area contributed by atoms with Crippen LogP contribution in [0.3, 0.4) is 0 Å². The maximum absolute atomic E-state index is 13.1. The molecule has 6 nitrogen and oxygen atoms in total. The number of amides is 1. The standard InChI is InChI=1S/C24H26N4O2S/c1-2-12-28(24-25-20(18-31-24)19-8-4-3-5-9-19)23(30)17-26-13-15-27(16-14-26)21-10-6-7-11-22(21)29/h2-11,18,29H,1,12-17H2. The second kappa shape index (κ2) is 9.76. The van der Waals surface area contributed by atoms with Crippen LogP contribution < -0.4 is 9.80 Å². The van der Waals surface area contributed by atoms with Crippen LogP contribution in [-0.4, -0.2) is 60.2 Å². The van der Waals surface area contributed by atoms with E-state index in [0.717, 1.165) is 43.1 Å². The van der Waals surface area contributed by atoms with Crippen molar-refractivity contribution < 1.29 is 9.90 Å². The molecule has 0 atom stereocenters. The summed E-state index contributed by atoms with van der Waals surface area (Å²) < 4.78 is 0. The van der Waals surface area contributed by atoms with Gasteiger partial charge < -0.3 is 10.0 Å². The molecule has 0 aliphatic carbocycles. The second-order valence-electron chi connectivity index (χ2n) is 7.43. The number of thiazole rings is 1. The molecule has 4 rings (SSSR count). The number of carbonyl (C=O) groups is 1. The first-order chi connectivity index (χ1) is 15.2. The number of hydrogen-bond donors (Lipinski definition) is 1. The number of rotatable bonds is 7. The molecule has 7 heteroatoms. The van der Waals surface area contributed by atoms with E-state index in [2.05, 4.69) is 16.4 Å². The van der Waals surface area contributed by atoms with E-state index in [1.54, 1.807) is 17.0 Å². The topological polar surface area (TPSA) is 59.9 Å². The van der Waals surface area contributed by atoms with Gasteiger partial charge in [-0.3, -0.25) is 14.6 Å². The molecule has 0 spiro atoms. The lowest BCUT2D eigenvalue weighted by Crippen LogP contribution is -2.50. The minimum absolute atomic E-state index is 0.0184. The Bertz CT molecular complexity index is 1030. The normalized spacial score (nSPS) is 14.4. The van der Waals surface area contributed by atoms with Gasteiger partial charge in [0.15, 0.2) is 5.13 Å². The Morgan fingerprint density at radius 3 is 2.52 bits per heavy atom. The molecular weight excluding hydrogens is 408 g/mol. The number of phenols is 1. The van der Waals surface area contributed by atoms with Crippen LogP contribution in [-0.2, 0) is 4.79 Å². The molecule has 1 aromatic heterocycles. The lowest BCUT2D eigenvalue weighted by molar-refractivity contribution is -0.119. The Balaban J connectivity index is 1.39. The van der Waals surface area contributed by atoms with Crippen molar-refractivity contribution in [1.82, 2.24) is 9.88 Å². The van der Waals surface area contributed by atoms with Crippen LogP contribution in [0.4, 0.5) is 10.8 Å². The zero-order valence-corrected chi connectivity index (χ0v) is 18.2. The summed E-state index contributed by atoms with van der Waals surface area (Å²) in [5.74, 6) is 0.312. The number of hydrogen-bond acceptors (Lipinski definition) is 6. The Hall–Kier alpha value is -3.16. The highest BCUT2D eigenvalue weighted by Gasteiger charge is 2.24. The summed E-state index contributed by atoms with van der Waals surface area (Å²) in [4.78, 5) is 23.8. The third-order valence-corrected chi connectivity index (χ3v) is 6.22. The van der Waals surface area contributed by atoms with Crippen molar-refractivity contribution in [3.63, 3.8) is 0 Å². The molecule has 2 heterocycles. The predicted octanol–water partition coefficient (Wildman–Crippen LogP) is 3.86. The number of aromatic hydroxyl groups is 1. The fourth-order valence-corrected chi connectivity index (χ4v) is 4.56. The molecule has 0 unspecified atom stereocenters. The number of nitrogens with zero attached hydrogens (tertiary/aromatic N) is 4.